The average molecular weight is 475 g/mol. The van der Waals surface area contributed by atoms with Crippen LogP contribution in [0.25, 0.3) is 33.7 Å². The maximum atomic E-state index is 14.2. The van der Waals surface area contributed by atoms with Crippen molar-refractivity contribution < 1.29 is 35.4 Å². The van der Waals surface area contributed by atoms with Crippen molar-refractivity contribution in [2.45, 2.75) is 12.7 Å². The van der Waals surface area contributed by atoms with E-state index in [0.29, 0.717) is 11.0 Å². The van der Waals surface area contributed by atoms with Crippen molar-refractivity contribution in [1.82, 2.24) is 15.1 Å². The molecule has 3 aromatic heterocycles. The molecule has 0 saturated carbocycles. The van der Waals surface area contributed by atoms with Crippen LogP contribution in [0, 0.1) is 17.5 Å². The van der Waals surface area contributed by atoms with Crippen LogP contribution in [0.5, 0.6) is 0 Å². The van der Waals surface area contributed by atoms with Gasteiger partial charge in [0.2, 0.25) is 12.3 Å². The Hall–Kier alpha value is -4.15. The molecule has 1 N–H and O–H groups in total. The standard InChI is InChI=1S/C23H12F6N4O/c24-15-5-2-4-14(23(27,28)29)20(15)18-9-12(34-32-18)10-33-8-7-17-19(11-33)31-22(30-17)13-3-1-6-16(25)21(13)26/h1-9,11H,10H2/p+1. The first-order valence-electron chi connectivity index (χ1n) is 9.85. The van der Waals surface area contributed by atoms with Gasteiger partial charge in [0, 0.05) is 12.1 Å². The SMILES string of the molecule is Fc1cccc(-c2nc3cc[n+](Cc4cc(-c5c(F)cccc5C(F)(F)F)no4)cc3[nH]2)c1F. The highest BCUT2D eigenvalue weighted by Gasteiger charge is 2.36. The fourth-order valence-electron chi connectivity index (χ4n) is 3.62. The predicted octanol–water partition coefficient (Wildman–Crippen LogP) is 5.66. The summed E-state index contributed by atoms with van der Waals surface area (Å²) in [6.07, 6.45) is -1.55. The van der Waals surface area contributed by atoms with E-state index in [1.807, 2.05) is 0 Å². The minimum absolute atomic E-state index is 0.0343. The topological polar surface area (TPSA) is 58.6 Å². The van der Waals surface area contributed by atoms with Gasteiger partial charge in [-0.25, -0.2) is 18.2 Å². The van der Waals surface area contributed by atoms with Crippen LogP contribution in [0.3, 0.4) is 0 Å². The first-order valence-corrected chi connectivity index (χ1v) is 9.85. The largest absolute Gasteiger partial charge is 0.417 e. The van der Waals surface area contributed by atoms with Crippen molar-refractivity contribution in [1.29, 1.82) is 0 Å². The summed E-state index contributed by atoms with van der Waals surface area (Å²) in [5, 5.41) is 3.62. The Morgan fingerprint density at radius 1 is 0.971 bits per heavy atom. The van der Waals surface area contributed by atoms with Crippen LogP contribution in [-0.2, 0) is 12.7 Å². The third-order valence-corrected chi connectivity index (χ3v) is 5.16. The number of fused-ring (bicyclic) bond motifs is 1. The van der Waals surface area contributed by atoms with Gasteiger partial charge < -0.3 is 9.51 Å². The molecule has 0 fully saturated rings. The Morgan fingerprint density at radius 2 is 1.74 bits per heavy atom. The van der Waals surface area contributed by atoms with Crippen molar-refractivity contribution in [2.24, 2.45) is 0 Å². The summed E-state index contributed by atoms with van der Waals surface area (Å²) in [5.41, 5.74) is -1.19. The van der Waals surface area contributed by atoms with Gasteiger partial charge in [0.15, 0.2) is 24.0 Å². The smallest absolute Gasteiger partial charge is 0.354 e. The Kier molecular flexibility index (Phi) is 5.11. The number of hydrogen-bond acceptors (Lipinski definition) is 3. The summed E-state index contributed by atoms with van der Waals surface area (Å²) in [4.78, 5) is 7.17. The number of hydrogen-bond donors (Lipinski definition) is 1. The lowest BCUT2D eigenvalue weighted by Crippen LogP contribution is -2.32. The van der Waals surface area contributed by atoms with Crippen molar-refractivity contribution in [3.8, 4) is 22.6 Å². The van der Waals surface area contributed by atoms with E-state index in [9.17, 15) is 26.3 Å². The van der Waals surface area contributed by atoms with E-state index < -0.39 is 34.8 Å². The van der Waals surface area contributed by atoms with E-state index in [1.54, 1.807) is 23.0 Å². The van der Waals surface area contributed by atoms with Gasteiger partial charge in [-0.2, -0.15) is 17.7 Å². The van der Waals surface area contributed by atoms with Crippen molar-refractivity contribution >= 4 is 11.0 Å². The minimum atomic E-state index is -4.77. The molecule has 0 aliphatic carbocycles. The fourth-order valence-corrected chi connectivity index (χ4v) is 3.62. The number of nitrogens with one attached hydrogen (secondary N) is 1. The molecule has 172 valence electrons. The first kappa shape index (κ1) is 21.7. The Bertz CT molecular complexity index is 1520. The van der Waals surface area contributed by atoms with E-state index in [2.05, 4.69) is 15.1 Å². The molecule has 0 aliphatic rings. The first-order chi connectivity index (χ1) is 16.2. The summed E-state index contributed by atoms with van der Waals surface area (Å²) in [6.45, 7) is 0.0570. The highest BCUT2D eigenvalue weighted by Crippen LogP contribution is 2.38. The molecule has 0 aliphatic heterocycles. The molecule has 0 atom stereocenters. The predicted molar refractivity (Wildman–Crippen MR) is 108 cm³/mol. The number of imidazole rings is 1. The molecule has 0 radical (unpaired) electrons. The lowest BCUT2D eigenvalue weighted by Gasteiger charge is -2.11. The number of nitrogens with zero attached hydrogens (tertiary/aromatic N) is 3. The summed E-state index contributed by atoms with van der Waals surface area (Å²) < 4.78 is 88.5. The van der Waals surface area contributed by atoms with Crippen LogP contribution in [-0.4, -0.2) is 15.1 Å². The molecule has 3 heterocycles. The molecule has 5 aromatic rings. The van der Waals surface area contributed by atoms with Crippen LogP contribution < -0.4 is 4.57 Å². The van der Waals surface area contributed by atoms with Gasteiger partial charge in [-0.15, -0.1) is 0 Å². The monoisotopic (exact) mass is 475 g/mol. The lowest BCUT2D eigenvalue weighted by atomic mass is 10.0. The van der Waals surface area contributed by atoms with E-state index >= 15 is 0 Å². The molecule has 11 heteroatoms. The van der Waals surface area contributed by atoms with Crippen molar-refractivity contribution in [3.05, 3.63) is 89.7 Å². The van der Waals surface area contributed by atoms with E-state index in [4.69, 9.17) is 4.52 Å². The van der Waals surface area contributed by atoms with E-state index in [-0.39, 0.29) is 29.4 Å². The van der Waals surface area contributed by atoms with Crippen LogP contribution >= 0.6 is 0 Å². The van der Waals surface area contributed by atoms with Gasteiger partial charge in [0.1, 0.15) is 28.4 Å². The maximum Gasteiger partial charge on any atom is 0.417 e. The number of halogens is 6. The van der Waals surface area contributed by atoms with Crippen LogP contribution in [0.1, 0.15) is 11.3 Å². The molecular weight excluding hydrogens is 462 g/mol. The molecule has 0 unspecified atom stereocenters. The van der Waals surface area contributed by atoms with Crippen LogP contribution in [0.15, 0.2) is 65.4 Å². The number of aromatic amines is 1. The fraction of sp³-hybridized carbons (Fsp3) is 0.0870. The molecule has 34 heavy (non-hydrogen) atoms. The van der Waals surface area contributed by atoms with Gasteiger partial charge >= 0.3 is 6.18 Å². The zero-order valence-electron chi connectivity index (χ0n) is 17.0. The molecule has 0 saturated heterocycles. The Balaban J connectivity index is 1.45. The number of alkyl halides is 3. The molecule has 0 amide bonds. The number of aromatic nitrogens is 4. The van der Waals surface area contributed by atoms with Gasteiger partial charge in [-0.1, -0.05) is 17.3 Å². The second-order valence-electron chi connectivity index (χ2n) is 7.44. The normalized spacial score (nSPS) is 11.9. The number of rotatable bonds is 4. The third-order valence-electron chi connectivity index (χ3n) is 5.16. The second-order valence-corrected chi connectivity index (χ2v) is 7.44. The Labute approximate surface area is 187 Å². The maximum absolute atomic E-state index is 14.2. The summed E-state index contributed by atoms with van der Waals surface area (Å²) >= 11 is 0. The van der Waals surface area contributed by atoms with Gasteiger partial charge in [-0.3, -0.25) is 0 Å². The van der Waals surface area contributed by atoms with Crippen LogP contribution in [0.4, 0.5) is 26.3 Å². The summed E-state index contributed by atoms with van der Waals surface area (Å²) in [7, 11) is 0. The molecule has 0 bridgehead atoms. The molecule has 0 spiro atoms. The molecular formula is C23H13F6N4O+. The molecule has 2 aromatic carbocycles. The zero-order valence-corrected chi connectivity index (χ0v) is 17.0. The quantitative estimate of drug-likeness (QED) is 0.270. The second kappa shape index (κ2) is 8.01. The van der Waals surface area contributed by atoms with Gasteiger partial charge in [-0.05, 0) is 24.3 Å². The van der Waals surface area contributed by atoms with Crippen molar-refractivity contribution in [3.63, 3.8) is 0 Å². The number of benzene rings is 2. The summed E-state index contributed by atoms with van der Waals surface area (Å²) in [6, 6.07) is 9.25. The van der Waals surface area contributed by atoms with Gasteiger partial charge in [0.05, 0.1) is 16.7 Å². The highest BCUT2D eigenvalue weighted by molar-refractivity contribution is 5.77. The minimum Gasteiger partial charge on any atom is -0.354 e. The third kappa shape index (κ3) is 3.89. The summed E-state index contributed by atoms with van der Waals surface area (Å²) in [5.74, 6) is -2.80. The zero-order chi connectivity index (χ0) is 24.0. The molecule has 5 rings (SSSR count). The van der Waals surface area contributed by atoms with Gasteiger partial charge in [0.25, 0.3) is 0 Å². The highest BCUT2D eigenvalue weighted by atomic mass is 19.4. The van der Waals surface area contributed by atoms with Crippen LogP contribution in [0.2, 0.25) is 0 Å². The van der Waals surface area contributed by atoms with E-state index in [0.717, 1.165) is 24.3 Å². The van der Waals surface area contributed by atoms with E-state index in [1.165, 1.54) is 18.2 Å². The lowest BCUT2D eigenvalue weighted by molar-refractivity contribution is -0.688. The van der Waals surface area contributed by atoms with Crippen molar-refractivity contribution in [2.75, 3.05) is 0 Å². The Morgan fingerprint density at radius 3 is 2.53 bits per heavy atom. The number of H-pyrrole nitrogens is 1. The average Bonchev–Trinajstić information content (AvgIpc) is 3.41. The molecule has 5 nitrogen and oxygen atoms in total. The number of pyridine rings is 1.